The Morgan fingerprint density at radius 1 is 1.29 bits per heavy atom. The van der Waals surface area contributed by atoms with Crippen LogP contribution >= 0.6 is 0 Å². The number of carbonyl (C=O) groups is 1. The molecule has 1 amide bonds. The molecule has 1 aliphatic heterocycles. The van der Waals surface area contributed by atoms with E-state index in [0.717, 1.165) is 0 Å². The van der Waals surface area contributed by atoms with E-state index in [4.69, 9.17) is 14.6 Å². The van der Waals surface area contributed by atoms with Crippen LogP contribution in [0.1, 0.15) is 37.6 Å². The van der Waals surface area contributed by atoms with Crippen LogP contribution in [0, 0.1) is 5.41 Å². The van der Waals surface area contributed by atoms with Crippen LogP contribution in [0.15, 0.2) is 18.2 Å². The summed E-state index contributed by atoms with van der Waals surface area (Å²) in [6.45, 7) is 7.18. The fraction of sp³-hybridized carbons (Fsp3) is 0.562. The zero-order valence-electron chi connectivity index (χ0n) is 12.8. The van der Waals surface area contributed by atoms with Gasteiger partial charge < -0.3 is 19.9 Å². The third-order valence-electron chi connectivity index (χ3n) is 3.57. The molecule has 1 atom stereocenters. The third-order valence-corrected chi connectivity index (χ3v) is 3.57. The van der Waals surface area contributed by atoms with Gasteiger partial charge in [-0.1, -0.05) is 20.8 Å². The highest BCUT2D eigenvalue weighted by Crippen LogP contribution is 2.31. The second-order valence-electron chi connectivity index (χ2n) is 6.26. The molecule has 1 aromatic carbocycles. The topological polar surface area (TPSA) is 67.8 Å². The van der Waals surface area contributed by atoms with Crippen LogP contribution in [0.25, 0.3) is 0 Å². The molecule has 0 spiro atoms. The summed E-state index contributed by atoms with van der Waals surface area (Å²) in [5.41, 5.74) is 0.415. The minimum atomic E-state index is -0.166. The minimum Gasteiger partial charge on any atom is -0.486 e. The van der Waals surface area contributed by atoms with E-state index in [0.29, 0.717) is 36.7 Å². The van der Waals surface area contributed by atoms with Crippen LogP contribution < -0.4 is 14.8 Å². The molecule has 0 fully saturated rings. The predicted molar refractivity (Wildman–Crippen MR) is 79.8 cm³/mol. The molecule has 116 valence electrons. The fourth-order valence-corrected chi connectivity index (χ4v) is 2.28. The number of aliphatic hydroxyl groups is 1. The zero-order chi connectivity index (χ0) is 15.5. The minimum absolute atomic E-state index is 0.0450. The number of benzene rings is 1. The lowest BCUT2D eigenvalue weighted by molar-refractivity contribution is 0.0884. The maximum Gasteiger partial charge on any atom is 0.251 e. The first-order chi connectivity index (χ1) is 9.91. The van der Waals surface area contributed by atoms with Crippen LogP contribution in [-0.2, 0) is 0 Å². The van der Waals surface area contributed by atoms with E-state index >= 15 is 0 Å². The van der Waals surface area contributed by atoms with Crippen LogP contribution in [-0.4, -0.2) is 36.9 Å². The van der Waals surface area contributed by atoms with E-state index in [-0.39, 0.29) is 24.0 Å². The number of fused-ring (bicyclic) bond motifs is 1. The van der Waals surface area contributed by atoms with Gasteiger partial charge in [0.2, 0.25) is 0 Å². The van der Waals surface area contributed by atoms with E-state index in [1.165, 1.54) is 0 Å². The molecular weight excluding hydrogens is 270 g/mol. The van der Waals surface area contributed by atoms with Gasteiger partial charge >= 0.3 is 0 Å². The summed E-state index contributed by atoms with van der Waals surface area (Å²) in [4.78, 5) is 12.4. The second-order valence-corrected chi connectivity index (χ2v) is 6.26. The van der Waals surface area contributed by atoms with Gasteiger partial charge in [0.25, 0.3) is 5.91 Å². The molecule has 1 unspecified atom stereocenters. The molecule has 2 rings (SSSR count). The highest BCUT2D eigenvalue weighted by Gasteiger charge is 2.26. The lowest BCUT2D eigenvalue weighted by Crippen LogP contribution is -2.44. The zero-order valence-corrected chi connectivity index (χ0v) is 12.8. The number of aliphatic hydroxyl groups excluding tert-OH is 1. The highest BCUT2D eigenvalue weighted by molar-refractivity contribution is 5.95. The Morgan fingerprint density at radius 2 is 1.95 bits per heavy atom. The van der Waals surface area contributed by atoms with Crippen LogP contribution in [0.2, 0.25) is 0 Å². The first-order valence-electron chi connectivity index (χ1n) is 7.23. The maximum atomic E-state index is 12.4. The average Bonchev–Trinajstić information content (AvgIpc) is 2.45. The molecule has 0 radical (unpaired) electrons. The van der Waals surface area contributed by atoms with Crippen molar-refractivity contribution in [3.05, 3.63) is 23.8 Å². The number of hydrogen-bond donors (Lipinski definition) is 2. The monoisotopic (exact) mass is 293 g/mol. The van der Waals surface area contributed by atoms with Crippen molar-refractivity contribution >= 4 is 5.91 Å². The molecule has 5 heteroatoms. The average molecular weight is 293 g/mol. The predicted octanol–water partition coefficient (Wildman–Crippen LogP) is 1.98. The number of hydrogen-bond acceptors (Lipinski definition) is 4. The second kappa shape index (κ2) is 6.35. The van der Waals surface area contributed by atoms with Crippen molar-refractivity contribution in [1.82, 2.24) is 5.32 Å². The molecule has 1 heterocycles. The lowest BCUT2D eigenvalue weighted by Gasteiger charge is -2.31. The fourth-order valence-electron chi connectivity index (χ4n) is 2.28. The Hall–Kier alpha value is -1.75. The van der Waals surface area contributed by atoms with Crippen LogP contribution in [0.4, 0.5) is 0 Å². The van der Waals surface area contributed by atoms with Crippen molar-refractivity contribution in [3.8, 4) is 11.5 Å². The number of rotatable bonds is 4. The SMILES string of the molecule is CC(C)(C)C(CCO)NC(=O)c1ccc2c(c1)OCCO2. The van der Waals surface area contributed by atoms with Gasteiger partial charge in [0.15, 0.2) is 11.5 Å². The Kier molecular flexibility index (Phi) is 4.73. The van der Waals surface area contributed by atoms with Crippen molar-refractivity contribution in [3.63, 3.8) is 0 Å². The number of amides is 1. The van der Waals surface area contributed by atoms with E-state index in [9.17, 15) is 4.79 Å². The van der Waals surface area contributed by atoms with Crippen molar-refractivity contribution in [2.24, 2.45) is 5.41 Å². The van der Waals surface area contributed by atoms with Gasteiger partial charge in [-0.25, -0.2) is 0 Å². The van der Waals surface area contributed by atoms with Crippen molar-refractivity contribution < 1.29 is 19.4 Å². The lowest BCUT2D eigenvalue weighted by atomic mass is 9.84. The molecule has 0 aliphatic carbocycles. The van der Waals surface area contributed by atoms with Gasteiger partial charge in [0, 0.05) is 18.2 Å². The molecule has 1 aromatic rings. The van der Waals surface area contributed by atoms with Crippen LogP contribution in [0.5, 0.6) is 11.5 Å². The number of nitrogens with one attached hydrogen (secondary N) is 1. The first kappa shape index (κ1) is 15.6. The summed E-state index contributed by atoms with van der Waals surface area (Å²) < 4.78 is 10.9. The molecule has 0 bridgehead atoms. The Balaban J connectivity index is 2.12. The molecule has 5 nitrogen and oxygen atoms in total. The van der Waals surface area contributed by atoms with Gasteiger partial charge in [0.1, 0.15) is 13.2 Å². The number of ether oxygens (including phenoxy) is 2. The van der Waals surface area contributed by atoms with E-state index in [2.05, 4.69) is 5.32 Å². The summed E-state index contributed by atoms with van der Waals surface area (Å²) in [6, 6.07) is 5.08. The van der Waals surface area contributed by atoms with Gasteiger partial charge in [-0.3, -0.25) is 4.79 Å². The van der Waals surface area contributed by atoms with E-state index < -0.39 is 0 Å². The largest absolute Gasteiger partial charge is 0.486 e. The molecule has 0 aromatic heterocycles. The summed E-state index contributed by atoms with van der Waals surface area (Å²) in [6.07, 6.45) is 0.528. The molecular formula is C16H23NO4. The normalized spacial score (nSPS) is 15.4. The third kappa shape index (κ3) is 3.88. The van der Waals surface area contributed by atoms with Gasteiger partial charge in [-0.15, -0.1) is 0 Å². The summed E-state index contributed by atoms with van der Waals surface area (Å²) in [7, 11) is 0. The Labute approximate surface area is 125 Å². The molecule has 0 saturated heterocycles. The smallest absolute Gasteiger partial charge is 0.251 e. The molecule has 0 saturated carbocycles. The van der Waals surface area contributed by atoms with E-state index in [1.807, 2.05) is 20.8 Å². The van der Waals surface area contributed by atoms with Gasteiger partial charge in [-0.05, 0) is 30.0 Å². The van der Waals surface area contributed by atoms with Crippen molar-refractivity contribution in [1.29, 1.82) is 0 Å². The van der Waals surface area contributed by atoms with Gasteiger partial charge in [0.05, 0.1) is 0 Å². The maximum absolute atomic E-state index is 12.4. The highest BCUT2D eigenvalue weighted by atomic mass is 16.6. The first-order valence-corrected chi connectivity index (χ1v) is 7.23. The van der Waals surface area contributed by atoms with Crippen LogP contribution in [0.3, 0.4) is 0 Å². The Morgan fingerprint density at radius 3 is 2.57 bits per heavy atom. The molecule has 21 heavy (non-hydrogen) atoms. The molecule has 2 N–H and O–H groups in total. The summed E-state index contributed by atoms with van der Waals surface area (Å²) >= 11 is 0. The summed E-state index contributed by atoms with van der Waals surface area (Å²) in [5, 5.41) is 12.1. The quantitative estimate of drug-likeness (QED) is 0.891. The van der Waals surface area contributed by atoms with Gasteiger partial charge in [-0.2, -0.15) is 0 Å². The van der Waals surface area contributed by atoms with Crippen molar-refractivity contribution in [2.75, 3.05) is 19.8 Å². The summed E-state index contributed by atoms with van der Waals surface area (Å²) in [5.74, 6) is 1.10. The van der Waals surface area contributed by atoms with Crippen molar-refractivity contribution in [2.45, 2.75) is 33.2 Å². The van der Waals surface area contributed by atoms with E-state index in [1.54, 1.807) is 18.2 Å². The number of carbonyl (C=O) groups excluding carboxylic acids is 1. The Bertz CT molecular complexity index is 507. The molecule has 1 aliphatic rings. The standard InChI is InChI=1S/C16H23NO4/c1-16(2,3)14(6-7-18)17-15(19)11-4-5-12-13(10-11)21-9-8-20-12/h4-5,10,14,18H,6-9H2,1-3H3,(H,17,19).